The Morgan fingerprint density at radius 1 is 1.28 bits per heavy atom. The molecule has 0 bridgehead atoms. The van der Waals surface area contributed by atoms with Crippen LogP contribution in [0, 0.1) is 5.92 Å². The predicted octanol–water partition coefficient (Wildman–Crippen LogP) is 3.62. The van der Waals surface area contributed by atoms with Crippen molar-refractivity contribution in [3.8, 4) is 11.6 Å². The van der Waals surface area contributed by atoms with Gasteiger partial charge in [0.05, 0.1) is 5.56 Å². The number of pyridine rings is 1. The molecule has 1 atom stereocenters. The molecule has 5 nitrogen and oxygen atoms in total. The molecule has 25 heavy (non-hydrogen) atoms. The summed E-state index contributed by atoms with van der Waals surface area (Å²) in [5, 5.41) is 0. The van der Waals surface area contributed by atoms with E-state index in [1.807, 2.05) is 12.1 Å². The maximum atomic E-state index is 11.0. The standard InChI is InChI=1S/C19H22IN3O2/c20-10-15-2-1-9-23(13-15)12-14-3-6-17(7-4-14)25-18-8-5-16(11-22-18)19(21)24/h3-8,11,15H,1-2,9-10,12-13H2,(H2,21,24). The molecule has 1 aromatic carbocycles. The maximum absolute atomic E-state index is 11.0. The lowest BCUT2D eigenvalue weighted by molar-refractivity contribution is 0.1000. The number of likely N-dealkylation sites (tertiary alicyclic amines) is 1. The Morgan fingerprint density at radius 2 is 2.08 bits per heavy atom. The quantitative estimate of drug-likeness (QED) is 0.538. The summed E-state index contributed by atoms with van der Waals surface area (Å²) in [7, 11) is 0. The lowest BCUT2D eigenvalue weighted by Crippen LogP contribution is -2.35. The molecular weight excluding hydrogens is 429 g/mol. The largest absolute Gasteiger partial charge is 0.439 e. The van der Waals surface area contributed by atoms with E-state index in [2.05, 4.69) is 44.6 Å². The molecule has 3 rings (SSSR count). The van der Waals surface area contributed by atoms with E-state index in [0.717, 1.165) is 18.2 Å². The van der Waals surface area contributed by atoms with E-state index >= 15 is 0 Å². The summed E-state index contributed by atoms with van der Waals surface area (Å²) in [6.07, 6.45) is 4.07. The fraction of sp³-hybridized carbons (Fsp3) is 0.368. The van der Waals surface area contributed by atoms with E-state index in [-0.39, 0.29) is 0 Å². The van der Waals surface area contributed by atoms with Crippen LogP contribution in [-0.2, 0) is 6.54 Å². The number of nitrogens with zero attached hydrogens (tertiary/aromatic N) is 2. The second kappa shape index (κ2) is 8.62. The highest BCUT2D eigenvalue weighted by molar-refractivity contribution is 14.1. The molecule has 1 aliphatic heterocycles. The third-order valence-electron chi connectivity index (χ3n) is 4.39. The van der Waals surface area contributed by atoms with Crippen LogP contribution in [0.4, 0.5) is 0 Å². The maximum Gasteiger partial charge on any atom is 0.250 e. The van der Waals surface area contributed by atoms with Crippen molar-refractivity contribution in [2.75, 3.05) is 17.5 Å². The molecule has 1 aromatic heterocycles. The van der Waals surface area contributed by atoms with Crippen LogP contribution in [0.5, 0.6) is 11.6 Å². The van der Waals surface area contributed by atoms with Gasteiger partial charge in [-0.15, -0.1) is 0 Å². The zero-order valence-corrected chi connectivity index (χ0v) is 16.2. The van der Waals surface area contributed by atoms with Crippen molar-refractivity contribution in [1.82, 2.24) is 9.88 Å². The number of ether oxygens (including phenoxy) is 1. The average Bonchev–Trinajstić information content (AvgIpc) is 2.64. The second-order valence-corrected chi connectivity index (χ2v) is 7.27. The van der Waals surface area contributed by atoms with Crippen molar-refractivity contribution in [3.63, 3.8) is 0 Å². The van der Waals surface area contributed by atoms with Gasteiger partial charge in [-0.25, -0.2) is 4.98 Å². The van der Waals surface area contributed by atoms with Crippen molar-refractivity contribution < 1.29 is 9.53 Å². The first-order chi connectivity index (χ1) is 12.1. The number of alkyl halides is 1. The molecule has 0 aliphatic carbocycles. The molecule has 132 valence electrons. The van der Waals surface area contributed by atoms with Crippen molar-refractivity contribution in [2.45, 2.75) is 19.4 Å². The van der Waals surface area contributed by atoms with Gasteiger partial charge < -0.3 is 10.5 Å². The Hall–Kier alpha value is -1.67. The van der Waals surface area contributed by atoms with Crippen LogP contribution in [0.3, 0.4) is 0 Å². The molecular formula is C19H22IN3O2. The molecule has 1 amide bonds. The van der Waals surface area contributed by atoms with E-state index in [1.165, 1.54) is 42.1 Å². The van der Waals surface area contributed by atoms with Gasteiger partial charge in [-0.1, -0.05) is 34.7 Å². The summed E-state index contributed by atoms with van der Waals surface area (Å²) >= 11 is 2.49. The number of halogens is 1. The van der Waals surface area contributed by atoms with Crippen molar-refractivity contribution >= 4 is 28.5 Å². The number of rotatable bonds is 6. The van der Waals surface area contributed by atoms with Crippen LogP contribution < -0.4 is 10.5 Å². The number of piperidine rings is 1. The monoisotopic (exact) mass is 451 g/mol. The number of carbonyl (C=O) groups excluding carboxylic acids is 1. The minimum Gasteiger partial charge on any atom is -0.439 e. The lowest BCUT2D eigenvalue weighted by Gasteiger charge is -2.31. The van der Waals surface area contributed by atoms with Crippen molar-refractivity contribution in [3.05, 3.63) is 53.7 Å². The number of hydrogen-bond donors (Lipinski definition) is 1. The Morgan fingerprint density at radius 3 is 2.72 bits per heavy atom. The van der Waals surface area contributed by atoms with Gasteiger partial charge in [-0.3, -0.25) is 9.69 Å². The van der Waals surface area contributed by atoms with E-state index in [4.69, 9.17) is 10.5 Å². The Labute approximate surface area is 161 Å². The third kappa shape index (κ3) is 5.15. The number of benzene rings is 1. The first-order valence-electron chi connectivity index (χ1n) is 8.45. The van der Waals surface area contributed by atoms with Gasteiger partial charge in [-0.2, -0.15) is 0 Å². The van der Waals surface area contributed by atoms with Crippen molar-refractivity contribution in [1.29, 1.82) is 0 Å². The van der Waals surface area contributed by atoms with Gasteiger partial charge in [0, 0.05) is 29.8 Å². The Kier molecular flexibility index (Phi) is 6.25. The number of primary amides is 1. The molecule has 2 heterocycles. The van der Waals surface area contributed by atoms with Gasteiger partial charge in [0.15, 0.2) is 0 Å². The minimum absolute atomic E-state index is 0.369. The highest BCUT2D eigenvalue weighted by Crippen LogP contribution is 2.23. The second-order valence-electron chi connectivity index (χ2n) is 6.39. The summed E-state index contributed by atoms with van der Waals surface area (Å²) in [4.78, 5) is 17.7. The van der Waals surface area contributed by atoms with Crippen LogP contribution in [0.15, 0.2) is 42.6 Å². The highest BCUT2D eigenvalue weighted by Gasteiger charge is 2.18. The zero-order valence-electron chi connectivity index (χ0n) is 14.0. The third-order valence-corrected chi connectivity index (χ3v) is 5.64. The number of nitrogens with two attached hydrogens (primary N) is 1. The van der Waals surface area contributed by atoms with Gasteiger partial charge in [0.1, 0.15) is 5.75 Å². The van der Waals surface area contributed by atoms with Crippen LogP contribution in [-0.4, -0.2) is 33.3 Å². The minimum atomic E-state index is -0.495. The van der Waals surface area contributed by atoms with Gasteiger partial charge in [0.2, 0.25) is 11.8 Å². The molecule has 0 spiro atoms. The number of aromatic nitrogens is 1. The highest BCUT2D eigenvalue weighted by atomic mass is 127. The fourth-order valence-electron chi connectivity index (χ4n) is 3.05. The molecule has 6 heteroatoms. The predicted molar refractivity (Wildman–Crippen MR) is 106 cm³/mol. The van der Waals surface area contributed by atoms with Gasteiger partial charge in [0.25, 0.3) is 0 Å². The summed E-state index contributed by atoms with van der Waals surface area (Å²) < 4.78 is 6.95. The number of amides is 1. The fourth-order valence-corrected chi connectivity index (χ4v) is 3.77. The molecule has 0 saturated carbocycles. The van der Waals surface area contributed by atoms with E-state index < -0.39 is 5.91 Å². The smallest absolute Gasteiger partial charge is 0.250 e. The molecule has 2 N–H and O–H groups in total. The van der Waals surface area contributed by atoms with Crippen LogP contribution in [0.25, 0.3) is 0 Å². The van der Waals surface area contributed by atoms with Crippen LogP contribution >= 0.6 is 22.6 Å². The van der Waals surface area contributed by atoms with Gasteiger partial charge in [-0.05, 0) is 49.1 Å². The Balaban J connectivity index is 1.57. The topological polar surface area (TPSA) is 68.5 Å². The summed E-state index contributed by atoms with van der Waals surface area (Å²) in [6, 6.07) is 11.4. The summed E-state index contributed by atoms with van der Waals surface area (Å²) in [6.45, 7) is 3.36. The Bertz CT molecular complexity index is 704. The van der Waals surface area contributed by atoms with Crippen molar-refractivity contribution in [2.24, 2.45) is 11.7 Å². The average molecular weight is 451 g/mol. The van der Waals surface area contributed by atoms with Crippen LogP contribution in [0.2, 0.25) is 0 Å². The zero-order chi connectivity index (χ0) is 17.6. The summed E-state index contributed by atoms with van der Waals surface area (Å²) in [5.74, 6) is 1.50. The molecule has 2 aromatic rings. The molecule has 0 radical (unpaired) electrons. The number of hydrogen-bond acceptors (Lipinski definition) is 4. The lowest BCUT2D eigenvalue weighted by atomic mass is 10.00. The van der Waals surface area contributed by atoms with Gasteiger partial charge >= 0.3 is 0 Å². The summed E-state index contributed by atoms with van der Waals surface area (Å²) in [5.41, 5.74) is 6.86. The van der Waals surface area contributed by atoms with E-state index in [0.29, 0.717) is 11.4 Å². The molecule has 1 saturated heterocycles. The first kappa shape index (κ1) is 18.1. The molecule has 1 fully saturated rings. The van der Waals surface area contributed by atoms with E-state index in [1.54, 1.807) is 12.1 Å². The molecule has 1 unspecified atom stereocenters. The van der Waals surface area contributed by atoms with Crippen LogP contribution in [0.1, 0.15) is 28.8 Å². The van der Waals surface area contributed by atoms with E-state index in [9.17, 15) is 4.79 Å². The molecule has 1 aliphatic rings. The normalized spacial score (nSPS) is 18.0. The SMILES string of the molecule is NC(=O)c1ccc(Oc2ccc(CN3CCCC(CI)C3)cc2)nc1. The number of carbonyl (C=O) groups is 1. The first-order valence-corrected chi connectivity index (χ1v) is 9.97.